The second kappa shape index (κ2) is 3.85. The molecule has 72 valence electrons. The molecule has 3 N–H and O–H groups in total. The molecule has 0 aromatic heterocycles. The van der Waals surface area contributed by atoms with Crippen LogP contribution in [0.25, 0.3) is 0 Å². The van der Waals surface area contributed by atoms with Crippen LogP contribution in [0.2, 0.25) is 0 Å². The van der Waals surface area contributed by atoms with E-state index in [2.05, 4.69) is 0 Å². The van der Waals surface area contributed by atoms with E-state index in [1.54, 1.807) is 12.1 Å². The summed E-state index contributed by atoms with van der Waals surface area (Å²) in [5, 5.41) is 9.13. The molecule has 0 aliphatic heterocycles. The summed E-state index contributed by atoms with van der Waals surface area (Å²) in [6.45, 7) is 2.03. The SMILES string of the molecule is CC(CN)(CO)c1cccc(F)c1. The fraction of sp³-hybridized carbons (Fsp3) is 0.400. The van der Waals surface area contributed by atoms with Crippen LogP contribution in [0.1, 0.15) is 12.5 Å². The van der Waals surface area contributed by atoms with Crippen LogP contribution < -0.4 is 5.73 Å². The molecule has 2 nitrogen and oxygen atoms in total. The Kier molecular flexibility index (Phi) is 3.01. The molecule has 0 fully saturated rings. The van der Waals surface area contributed by atoms with Crippen molar-refractivity contribution in [2.24, 2.45) is 5.73 Å². The number of rotatable bonds is 3. The van der Waals surface area contributed by atoms with Gasteiger partial charge in [0.2, 0.25) is 0 Å². The zero-order chi connectivity index (χ0) is 9.90. The lowest BCUT2D eigenvalue weighted by molar-refractivity contribution is 0.210. The van der Waals surface area contributed by atoms with Gasteiger partial charge in [-0.2, -0.15) is 0 Å². The summed E-state index contributed by atoms with van der Waals surface area (Å²) in [5.74, 6) is -0.300. The maximum Gasteiger partial charge on any atom is 0.123 e. The van der Waals surface area contributed by atoms with Crippen molar-refractivity contribution in [2.45, 2.75) is 12.3 Å². The topological polar surface area (TPSA) is 46.2 Å². The highest BCUT2D eigenvalue weighted by atomic mass is 19.1. The number of aliphatic hydroxyl groups is 1. The Hall–Kier alpha value is -0.930. The lowest BCUT2D eigenvalue weighted by Crippen LogP contribution is -2.35. The number of aliphatic hydroxyl groups excluding tert-OH is 1. The second-order valence-corrected chi connectivity index (χ2v) is 3.43. The van der Waals surface area contributed by atoms with E-state index in [1.807, 2.05) is 6.92 Å². The monoisotopic (exact) mass is 183 g/mol. The van der Waals surface area contributed by atoms with Crippen LogP contribution in [0.15, 0.2) is 24.3 Å². The molecule has 0 spiro atoms. The van der Waals surface area contributed by atoms with Gasteiger partial charge in [0.15, 0.2) is 0 Å². The summed E-state index contributed by atoms with van der Waals surface area (Å²) in [4.78, 5) is 0. The van der Waals surface area contributed by atoms with Gasteiger partial charge in [0.25, 0.3) is 0 Å². The summed E-state index contributed by atoms with van der Waals surface area (Å²) in [5.41, 5.74) is 5.71. The summed E-state index contributed by atoms with van der Waals surface area (Å²) in [6, 6.07) is 6.17. The first kappa shape index (κ1) is 10.2. The standard InChI is InChI=1S/C10H14FNO/c1-10(6-12,7-13)8-3-2-4-9(11)5-8/h2-5,13H,6-7,12H2,1H3. The van der Waals surface area contributed by atoms with Crippen LogP contribution in [0, 0.1) is 5.82 Å². The van der Waals surface area contributed by atoms with E-state index >= 15 is 0 Å². The van der Waals surface area contributed by atoms with Crippen LogP contribution in [-0.4, -0.2) is 18.3 Å². The molecule has 1 unspecified atom stereocenters. The third-order valence-corrected chi connectivity index (χ3v) is 2.32. The molecule has 13 heavy (non-hydrogen) atoms. The van der Waals surface area contributed by atoms with Crippen molar-refractivity contribution in [3.8, 4) is 0 Å². The molecule has 1 aromatic carbocycles. The van der Waals surface area contributed by atoms with E-state index in [9.17, 15) is 4.39 Å². The zero-order valence-electron chi connectivity index (χ0n) is 7.63. The van der Waals surface area contributed by atoms with Crippen molar-refractivity contribution < 1.29 is 9.50 Å². The van der Waals surface area contributed by atoms with Crippen molar-refractivity contribution >= 4 is 0 Å². The van der Waals surface area contributed by atoms with Gasteiger partial charge in [-0.25, -0.2) is 4.39 Å². The number of benzene rings is 1. The van der Waals surface area contributed by atoms with E-state index in [1.165, 1.54) is 12.1 Å². The average Bonchev–Trinajstić information content (AvgIpc) is 2.17. The first-order valence-corrected chi connectivity index (χ1v) is 4.19. The van der Waals surface area contributed by atoms with E-state index < -0.39 is 5.41 Å². The van der Waals surface area contributed by atoms with Gasteiger partial charge in [0, 0.05) is 12.0 Å². The smallest absolute Gasteiger partial charge is 0.123 e. The van der Waals surface area contributed by atoms with Gasteiger partial charge in [0.1, 0.15) is 5.82 Å². The van der Waals surface area contributed by atoms with Gasteiger partial charge in [0.05, 0.1) is 6.61 Å². The van der Waals surface area contributed by atoms with Gasteiger partial charge in [-0.15, -0.1) is 0 Å². The summed E-state index contributed by atoms with van der Waals surface area (Å²) in [6.07, 6.45) is 0. The average molecular weight is 183 g/mol. The van der Waals surface area contributed by atoms with Crippen molar-refractivity contribution in [1.82, 2.24) is 0 Å². The highest BCUT2D eigenvalue weighted by molar-refractivity contribution is 5.25. The molecule has 0 aliphatic carbocycles. The summed E-state index contributed by atoms with van der Waals surface area (Å²) < 4.78 is 12.8. The van der Waals surface area contributed by atoms with E-state index in [-0.39, 0.29) is 12.4 Å². The second-order valence-electron chi connectivity index (χ2n) is 3.43. The number of hydrogen-bond donors (Lipinski definition) is 2. The lowest BCUT2D eigenvalue weighted by Gasteiger charge is -2.25. The molecular formula is C10H14FNO. The van der Waals surface area contributed by atoms with Crippen LogP contribution in [0.3, 0.4) is 0 Å². The molecule has 3 heteroatoms. The van der Waals surface area contributed by atoms with E-state index in [4.69, 9.17) is 10.8 Å². The first-order chi connectivity index (χ1) is 6.12. The molecule has 0 bridgehead atoms. The van der Waals surface area contributed by atoms with E-state index in [0.717, 1.165) is 5.56 Å². The minimum Gasteiger partial charge on any atom is -0.395 e. The minimum absolute atomic E-state index is 0.0764. The number of nitrogens with two attached hydrogens (primary N) is 1. The molecule has 0 amide bonds. The Morgan fingerprint density at radius 3 is 2.69 bits per heavy atom. The fourth-order valence-corrected chi connectivity index (χ4v) is 1.14. The Labute approximate surface area is 77.2 Å². The first-order valence-electron chi connectivity index (χ1n) is 4.19. The maximum absolute atomic E-state index is 12.8. The molecule has 0 saturated carbocycles. The number of halogens is 1. The van der Waals surface area contributed by atoms with Gasteiger partial charge in [-0.1, -0.05) is 19.1 Å². The van der Waals surface area contributed by atoms with Crippen LogP contribution in [0.4, 0.5) is 4.39 Å². The number of hydrogen-bond acceptors (Lipinski definition) is 2. The summed E-state index contributed by atoms with van der Waals surface area (Å²) >= 11 is 0. The highest BCUT2D eigenvalue weighted by Crippen LogP contribution is 2.22. The molecule has 1 aromatic rings. The van der Waals surface area contributed by atoms with Crippen LogP contribution in [0.5, 0.6) is 0 Å². The van der Waals surface area contributed by atoms with Gasteiger partial charge in [-0.05, 0) is 17.7 Å². The normalized spacial score (nSPS) is 15.4. The molecule has 0 saturated heterocycles. The van der Waals surface area contributed by atoms with Crippen LogP contribution in [-0.2, 0) is 5.41 Å². The zero-order valence-corrected chi connectivity index (χ0v) is 7.63. The Morgan fingerprint density at radius 2 is 2.23 bits per heavy atom. The maximum atomic E-state index is 12.8. The predicted octanol–water partition coefficient (Wildman–Crippen LogP) is 1.03. The van der Waals surface area contributed by atoms with Crippen molar-refractivity contribution in [3.63, 3.8) is 0 Å². The molecule has 0 aliphatic rings. The third-order valence-electron chi connectivity index (χ3n) is 2.32. The van der Waals surface area contributed by atoms with Gasteiger partial charge >= 0.3 is 0 Å². The quantitative estimate of drug-likeness (QED) is 0.735. The van der Waals surface area contributed by atoms with Crippen molar-refractivity contribution in [3.05, 3.63) is 35.6 Å². The fourth-order valence-electron chi connectivity index (χ4n) is 1.14. The van der Waals surface area contributed by atoms with Crippen LogP contribution >= 0.6 is 0 Å². The molecular weight excluding hydrogens is 169 g/mol. The molecule has 0 heterocycles. The summed E-state index contributed by atoms with van der Waals surface area (Å²) in [7, 11) is 0. The predicted molar refractivity (Wildman–Crippen MR) is 49.9 cm³/mol. The van der Waals surface area contributed by atoms with Gasteiger partial charge < -0.3 is 10.8 Å². The van der Waals surface area contributed by atoms with Crippen molar-refractivity contribution in [1.29, 1.82) is 0 Å². The largest absolute Gasteiger partial charge is 0.395 e. The Morgan fingerprint density at radius 1 is 1.54 bits per heavy atom. The van der Waals surface area contributed by atoms with Crippen molar-refractivity contribution in [2.75, 3.05) is 13.2 Å². The van der Waals surface area contributed by atoms with E-state index in [0.29, 0.717) is 6.54 Å². The lowest BCUT2D eigenvalue weighted by atomic mass is 9.83. The molecule has 0 radical (unpaired) electrons. The van der Waals surface area contributed by atoms with Gasteiger partial charge in [-0.3, -0.25) is 0 Å². The molecule has 1 atom stereocenters. The Bertz CT molecular complexity index is 284. The Balaban J connectivity index is 3.05. The minimum atomic E-state index is -0.540. The third kappa shape index (κ3) is 2.05. The highest BCUT2D eigenvalue weighted by Gasteiger charge is 2.23. The molecule has 1 rings (SSSR count).